The van der Waals surface area contributed by atoms with Crippen LogP contribution in [0.2, 0.25) is 0 Å². The highest BCUT2D eigenvalue weighted by atomic mass is 32.2. The molecule has 1 atom stereocenters. The minimum absolute atomic E-state index is 0.0182. The molecule has 150 valence electrons. The van der Waals surface area contributed by atoms with Gasteiger partial charge in [-0.25, -0.2) is 12.7 Å². The second-order valence-corrected chi connectivity index (χ2v) is 9.42. The summed E-state index contributed by atoms with van der Waals surface area (Å²) in [4.78, 5) is 14.5. The molecule has 0 radical (unpaired) electrons. The topological polar surface area (TPSA) is 57.7 Å². The van der Waals surface area contributed by atoms with Crippen LogP contribution in [0, 0.1) is 5.92 Å². The van der Waals surface area contributed by atoms with Crippen LogP contribution in [0.3, 0.4) is 0 Å². The summed E-state index contributed by atoms with van der Waals surface area (Å²) in [5.41, 5.74) is 1.98. The smallest absolute Gasteiger partial charge is 0.231 e. The van der Waals surface area contributed by atoms with E-state index in [2.05, 4.69) is 0 Å². The van der Waals surface area contributed by atoms with Crippen LogP contribution in [0.5, 0.6) is 0 Å². The number of rotatable bonds is 7. The summed E-state index contributed by atoms with van der Waals surface area (Å²) in [5.74, 6) is -0.185. The molecule has 0 aromatic heterocycles. The third-order valence-corrected chi connectivity index (χ3v) is 7.23. The van der Waals surface area contributed by atoms with Crippen molar-refractivity contribution in [3.8, 4) is 0 Å². The van der Waals surface area contributed by atoms with Crippen LogP contribution in [-0.4, -0.2) is 44.5 Å². The molecule has 1 aliphatic heterocycles. The normalized spacial score (nSPS) is 18.0. The van der Waals surface area contributed by atoms with Crippen molar-refractivity contribution in [2.45, 2.75) is 25.7 Å². The van der Waals surface area contributed by atoms with E-state index in [1.54, 1.807) is 11.9 Å². The number of piperidine rings is 1. The Hall–Kier alpha value is -2.18. The first kappa shape index (κ1) is 20.6. The summed E-state index contributed by atoms with van der Waals surface area (Å²) in [5, 5.41) is 0. The zero-order valence-corrected chi connectivity index (χ0v) is 17.1. The van der Waals surface area contributed by atoms with E-state index in [1.807, 2.05) is 60.7 Å². The highest BCUT2D eigenvalue weighted by molar-refractivity contribution is 7.89. The van der Waals surface area contributed by atoms with Crippen LogP contribution in [0.25, 0.3) is 0 Å². The van der Waals surface area contributed by atoms with Gasteiger partial charge in [0.2, 0.25) is 15.9 Å². The second kappa shape index (κ2) is 9.34. The van der Waals surface area contributed by atoms with Crippen molar-refractivity contribution in [1.82, 2.24) is 4.31 Å². The highest BCUT2D eigenvalue weighted by Crippen LogP contribution is 2.24. The molecular weight excluding hydrogens is 372 g/mol. The maximum Gasteiger partial charge on any atom is 0.231 e. The monoisotopic (exact) mass is 400 g/mol. The molecule has 1 heterocycles. The number of anilines is 1. The Labute approximate surface area is 168 Å². The molecule has 1 unspecified atom stereocenters. The van der Waals surface area contributed by atoms with Gasteiger partial charge in [0, 0.05) is 25.8 Å². The lowest BCUT2D eigenvalue weighted by molar-refractivity contribution is -0.123. The number of carbonyl (C=O) groups is 1. The average molecular weight is 401 g/mol. The number of para-hydroxylation sites is 1. The molecule has 3 rings (SSSR count). The molecule has 0 saturated carbocycles. The van der Waals surface area contributed by atoms with E-state index in [0.29, 0.717) is 13.0 Å². The Morgan fingerprint density at radius 3 is 2.39 bits per heavy atom. The number of amides is 1. The molecule has 1 fully saturated rings. The third-order valence-electron chi connectivity index (χ3n) is 5.31. The number of hydrogen-bond donors (Lipinski definition) is 0. The Morgan fingerprint density at radius 2 is 1.71 bits per heavy atom. The van der Waals surface area contributed by atoms with Gasteiger partial charge >= 0.3 is 0 Å². The van der Waals surface area contributed by atoms with Crippen LogP contribution in [0.4, 0.5) is 5.69 Å². The van der Waals surface area contributed by atoms with E-state index >= 15 is 0 Å². The van der Waals surface area contributed by atoms with E-state index < -0.39 is 10.0 Å². The van der Waals surface area contributed by atoms with Gasteiger partial charge in [-0.2, -0.15) is 0 Å². The third kappa shape index (κ3) is 5.20. The average Bonchev–Trinajstić information content (AvgIpc) is 2.74. The maximum absolute atomic E-state index is 12.9. The Morgan fingerprint density at radius 1 is 1.07 bits per heavy atom. The van der Waals surface area contributed by atoms with Crippen LogP contribution < -0.4 is 4.90 Å². The van der Waals surface area contributed by atoms with E-state index in [9.17, 15) is 13.2 Å². The zero-order valence-electron chi connectivity index (χ0n) is 16.3. The first-order chi connectivity index (χ1) is 13.5. The minimum atomic E-state index is -3.35. The van der Waals surface area contributed by atoms with Gasteiger partial charge in [-0.05, 0) is 43.4 Å². The molecular formula is C22H28N2O3S. The molecule has 5 nitrogen and oxygen atoms in total. The van der Waals surface area contributed by atoms with Crippen LogP contribution in [-0.2, 0) is 21.2 Å². The van der Waals surface area contributed by atoms with Crippen LogP contribution in [0.1, 0.15) is 24.8 Å². The van der Waals surface area contributed by atoms with Crippen molar-refractivity contribution in [2.75, 3.05) is 30.8 Å². The highest BCUT2D eigenvalue weighted by Gasteiger charge is 2.33. The second-order valence-electron chi connectivity index (χ2n) is 7.34. The van der Waals surface area contributed by atoms with Gasteiger partial charge < -0.3 is 4.90 Å². The number of hydrogen-bond acceptors (Lipinski definition) is 3. The summed E-state index contributed by atoms with van der Waals surface area (Å²) in [6.07, 6.45) is 2.78. The van der Waals surface area contributed by atoms with Crippen LogP contribution >= 0.6 is 0 Å². The lowest BCUT2D eigenvalue weighted by Gasteiger charge is -2.33. The zero-order chi connectivity index (χ0) is 20.0. The largest absolute Gasteiger partial charge is 0.315 e. The lowest BCUT2D eigenvalue weighted by Crippen LogP contribution is -2.46. The van der Waals surface area contributed by atoms with Gasteiger partial charge in [0.15, 0.2) is 0 Å². The SMILES string of the molecule is CN(C(=O)C1CCCN(S(=O)(=O)CCCc2ccccc2)C1)c1ccccc1. The van der Waals surface area contributed by atoms with Crippen LogP contribution in [0.15, 0.2) is 60.7 Å². The molecule has 1 saturated heterocycles. The van der Waals surface area contributed by atoms with E-state index in [-0.39, 0.29) is 24.1 Å². The van der Waals surface area contributed by atoms with Gasteiger partial charge in [0.25, 0.3) is 0 Å². The van der Waals surface area contributed by atoms with Gasteiger partial charge in [0.1, 0.15) is 0 Å². The van der Waals surface area contributed by atoms with Crippen molar-refractivity contribution in [2.24, 2.45) is 5.92 Å². The van der Waals surface area contributed by atoms with E-state index in [0.717, 1.165) is 30.5 Å². The summed E-state index contributed by atoms with van der Waals surface area (Å²) in [7, 11) is -1.59. The fourth-order valence-electron chi connectivity index (χ4n) is 3.68. The Kier molecular flexibility index (Phi) is 6.86. The van der Waals surface area contributed by atoms with Crippen molar-refractivity contribution >= 4 is 21.6 Å². The number of sulfonamides is 1. The van der Waals surface area contributed by atoms with Crippen molar-refractivity contribution < 1.29 is 13.2 Å². The first-order valence-corrected chi connectivity index (χ1v) is 11.4. The predicted molar refractivity (Wildman–Crippen MR) is 113 cm³/mol. The summed E-state index contributed by atoms with van der Waals surface area (Å²) in [6.45, 7) is 0.788. The predicted octanol–water partition coefficient (Wildman–Crippen LogP) is 3.32. The molecule has 0 N–H and O–H groups in total. The van der Waals surface area contributed by atoms with Gasteiger partial charge in [-0.3, -0.25) is 4.79 Å². The van der Waals surface area contributed by atoms with E-state index in [4.69, 9.17) is 0 Å². The molecule has 1 aliphatic rings. The molecule has 1 amide bonds. The summed E-state index contributed by atoms with van der Waals surface area (Å²) < 4.78 is 27.1. The summed E-state index contributed by atoms with van der Waals surface area (Å²) in [6, 6.07) is 19.4. The molecule has 0 bridgehead atoms. The van der Waals surface area contributed by atoms with Crippen molar-refractivity contribution in [1.29, 1.82) is 0 Å². The Balaban J connectivity index is 1.58. The first-order valence-electron chi connectivity index (χ1n) is 9.82. The standard InChI is InChI=1S/C22H28N2O3S/c1-23(21-14-6-3-7-15-21)22(25)20-13-8-16-24(18-20)28(26,27)17-9-12-19-10-4-2-5-11-19/h2-7,10-11,14-15,20H,8-9,12-13,16-18H2,1H3. The molecule has 2 aromatic rings. The van der Waals surface area contributed by atoms with Crippen molar-refractivity contribution in [3.63, 3.8) is 0 Å². The maximum atomic E-state index is 12.9. The van der Waals surface area contributed by atoms with Crippen molar-refractivity contribution in [3.05, 3.63) is 66.2 Å². The number of aryl methyl sites for hydroxylation is 1. The molecule has 2 aromatic carbocycles. The number of nitrogens with zero attached hydrogens (tertiary/aromatic N) is 2. The van der Waals surface area contributed by atoms with Gasteiger partial charge in [-0.15, -0.1) is 0 Å². The minimum Gasteiger partial charge on any atom is -0.315 e. The lowest BCUT2D eigenvalue weighted by atomic mass is 9.98. The molecule has 0 aliphatic carbocycles. The number of carbonyl (C=O) groups excluding carboxylic acids is 1. The van der Waals surface area contributed by atoms with Gasteiger partial charge in [0.05, 0.1) is 11.7 Å². The Bertz CT molecular complexity index is 869. The fourth-order valence-corrected chi connectivity index (χ4v) is 5.26. The number of benzene rings is 2. The summed E-state index contributed by atoms with van der Waals surface area (Å²) >= 11 is 0. The van der Waals surface area contributed by atoms with E-state index in [1.165, 1.54) is 4.31 Å². The molecule has 28 heavy (non-hydrogen) atoms. The fraction of sp³-hybridized carbons (Fsp3) is 0.409. The molecule has 0 spiro atoms. The quantitative estimate of drug-likeness (QED) is 0.716. The van der Waals surface area contributed by atoms with Gasteiger partial charge in [-0.1, -0.05) is 48.5 Å². The molecule has 6 heteroatoms.